The molecule has 1 saturated heterocycles. The zero-order valence-electron chi connectivity index (χ0n) is 13.7. The molecule has 0 aliphatic carbocycles. The smallest absolute Gasteiger partial charge is 0.226 e. The Bertz CT molecular complexity index is 500. The first kappa shape index (κ1) is 16.0. The van der Waals surface area contributed by atoms with Gasteiger partial charge in [0.15, 0.2) is 0 Å². The van der Waals surface area contributed by atoms with Crippen molar-refractivity contribution in [2.75, 3.05) is 34.3 Å². The molecule has 0 aromatic carbocycles. The van der Waals surface area contributed by atoms with Gasteiger partial charge < -0.3 is 9.64 Å². The summed E-state index contributed by atoms with van der Waals surface area (Å²) < 4.78 is 7.21. The van der Waals surface area contributed by atoms with Gasteiger partial charge in [0.05, 0.1) is 18.7 Å². The molecule has 1 fully saturated rings. The van der Waals surface area contributed by atoms with E-state index in [0.29, 0.717) is 12.5 Å². The number of carbonyl (C=O) groups is 1. The third-order valence-electron chi connectivity index (χ3n) is 4.57. The Morgan fingerprint density at radius 2 is 2.24 bits per heavy atom. The molecule has 1 aromatic rings. The molecule has 6 nitrogen and oxygen atoms in total. The van der Waals surface area contributed by atoms with Crippen molar-refractivity contribution < 1.29 is 9.53 Å². The molecule has 0 bridgehead atoms. The number of rotatable bonds is 5. The number of hydrogen-bond acceptors (Lipinski definition) is 4. The van der Waals surface area contributed by atoms with E-state index < -0.39 is 0 Å². The second-order valence-corrected chi connectivity index (χ2v) is 6.02. The predicted octanol–water partition coefficient (Wildman–Crippen LogP) is 0.449. The number of methoxy groups -OCH3 is 1. The van der Waals surface area contributed by atoms with E-state index in [4.69, 9.17) is 4.74 Å². The number of ether oxygens (including phenoxy) is 1. The molecule has 1 aliphatic heterocycles. The molecule has 2 atom stereocenters. The average Bonchev–Trinajstić information content (AvgIpc) is 2.96. The quantitative estimate of drug-likeness (QED) is 0.791. The van der Waals surface area contributed by atoms with Crippen LogP contribution in [0.1, 0.15) is 17.7 Å². The number of carbonyl (C=O) groups excluding carboxylic acids is 1. The van der Waals surface area contributed by atoms with Gasteiger partial charge in [-0.25, -0.2) is 0 Å². The Morgan fingerprint density at radius 1 is 1.52 bits per heavy atom. The maximum absolute atomic E-state index is 12.4. The number of aromatic nitrogens is 2. The van der Waals surface area contributed by atoms with Crippen molar-refractivity contribution in [1.29, 1.82) is 0 Å². The van der Waals surface area contributed by atoms with Crippen LogP contribution >= 0.6 is 0 Å². The molecule has 21 heavy (non-hydrogen) atoms. The molecule has 1 amide bonds. The number of amides is 1. The summed E-state index contributed by atoms with van der Waals surface area (Å²) in [4.78, 5) is 16.5. The Balaban J connectivity index is 1.90. The summed E-state index contributed by atoms with van der Waals surface area (Å²) in [7, 11) is 7.61. The van der Waals surface area contributed by atoms with Gasteiger partial charge in [0.1, 0.15) is 0 Å². The van der Waals surface area contributed by atoms with E-state index in [1.54, 1.807) is 18.0 Å². The van der Waals surface area contributed by atoms with E-state index in [2.05, 4.69) is 17.0 Å². The van der Waals surface area contributed by atoms with Gasteiger partial charge in [0.25, 0.3) is 0 Å². The van der Waals surface area contributed by atoms with Crippen molar-refractivity contribution >= 4 is 5.91 Å². The number of aryl methyl sites for hydroxylation is 1. The number of nitrogens with zero attached hydrogens (tertiary/aromatic N) is 4. The minimum absolute atomic E-state index is 0.139. The fraction of sp³-hybridized carbons (Fsp3) is 0.733. The monoisotopic (exact) mass is 294 g/mol. The van der Waals surface area contributed by atoms with Crippen molar-refractivity contribution in [3.8, 4) is 0 Å². The Morgan fingerprint density at radius 3 is 2.76 bits per heavy atom. The molecule has 0 spiro atoms. The second kappa shape index (κ2) is 6.58. The normalized spacial score (nSPS) is 22.7. The lowest BCUT2D eigenvalue weighted by atomic mass is 10.1. The van der Waals surface area contributed by atoms with Crippen LogP contribution in [0.3, 0.4) is 0 Å². The van der Waals surface area contributed by atoms with Gasteiger partial charge in [-0.3, -0.25) is 14.4 Å². The van der Waals surface area contributed by atoms with Crippen LogP contribution in [0.2, 0.25) is 0 Å². The lowest BCUT2D eigenvalue weighted by Gasteiger charge is -2.25. The van der Waals surface area contributed by atoms with Crippen molar-refractivity contribution in [3.63, 3.8) is 0 Å². The van der Waals surface area contributed by atoms with E-state index in [-0.39, 0.29) is 12.0 Å². The third kappa shape index (κ3) is 3.63. The molecule has 118 valence electrons. The largest absolute Gasteiger partial charge is 0.380 e. The minimum atomic E-state index is 0.139. The van der Waals surface area contributed by atoms with Gasteiger partial charge in [0.2, 0.25) is 5.91 Å². The fourth-order valence-corrected chi connectivity index (χ4v) is 2.85. The molecular formula is C15H26N4O2. The highest BCUT2D eigenvalue weighted by molar-refractivity contribution is 5.78. The van der Waals surface area contributed by atoms with Gasteiger partial charge in [-0.2, -0.15) is 5.10 Å². The zero-order chi connectivity index (χ0) is 15.6. The van der Waals surface area contributed by atoms with Crippen molar-refractivity contribution in [3.05, 3.63) is 17.5 Å². The van der Waals surface area contributed by atoms with Crippen LogP contribution in [0.4, 0.5) is 0 Å². The standard InChI is InChI=1S/C15H26N4O2/c1-11-12(8-16-19(11)4)6-15(20)18(3)9-13-7-14(21-5)10-17(13)2/h8,13-14H,6-7,9-10H2,1-5H3/t13-,14-/m0/s1. The summed E-state index contributed by atoms with van der Waals surface area (Å²) in [6, 6.07) is 0.374. The number of likely N-dealkylation sites (N-methyl/N-ethyl adjacent to an activating group) is 2. The van der Waals surface area contributed by atoms with Crippen molar-refractivity contribution in [2.45, 2.75) is 31.9 Å². The maximum Gasteiger partial charge on any atom is 0.226 e. The summed E-state index contributed by atoms with van der Waals surface area (Å²) in [6.07, 6.45) is 3.46. The fourth-order valence-electron chi connectivity index (χ4n) is 2.85. The SMILES string of the molecule is CO[C@H]1C[C@@H](CN(C)C(=O)Cc2cnn(C)c2C)N(C)C1. The Hall–Kier alpha value is -1.40. The Kier molecular flexibility index (Phi) is 5.00. The molecule has 1 aromatic heterocycles. The van der Waals surface area contributed by atoms with Crippen LogP contribution in [-0.4, -0.2) is 71.9 Å². The van der Waals surface area contributed by atoms with Crippen LogP contribution in [0.5, 0.6) is 0 Å². The van der Waals surface area contributed by atoms with E-state index in [1.807, 2.05) is 25.9 Å². The van der Waals surface area contributed by atoms with Crippen LogP contribution in [0.25, 0.3) is 0 Å². The van der Waals surface area contributed by atoms with Crippen molar-refractivity contribution in [1.82, 2.24) is 19.6 Å². The van der Waals surface area contributed by atoms with Gasteiger partial charge in [-0.15, -0.1) is 0 Å². The Labute approximate surface area is 126 Å². The van der Waals surface area contributed by atoms with Gasteiger partial charge in [0, 0.05) is 51.6 Å². The molecule has 0 N–H and O–H groups in total. The summed E-state index contributed by atoms with van der Waals surface area (Å²) in [6.45, 7) is 3.67. The van der Waals surface area contributed by atoms with Crippen LogP contribution in [-0.2, 0) is 23.0 Å². The van der Waals surface area contributed by atoms with Gasteiger partial charge in [-0.05, 0) is 20.4 Å². The highest BCUT2D eigenvalue weighted by Gasteiger charge is 2.31. The van der Waals surface area contributed by atoms with Crippen molar-refractivity contribution in [2.24, 2.45) is 7.05 Å². The van der Waals surface area contributed by atoms with E-state index in [0.717, 1.165) is 30.8 Å². The number of likely N-dealkylation sites (tertiary alicyclic amines) is 1. The number of hydrogen-bond donors (Lipinski definition) is 0. The first-order valence-corrected chi connectivity index (χ1v) is 7.36. The first-order valence-electron chi connectivity index (χ1n) is 7.36. The molecule has 2 heterocycles. The van der Waals surface area contributed by atoms with E-state index >= 15 is 0 Å². The highest BCUT2D eigenvalue weighted by Crippen LogP contribution is 2.19. The minimum Gasteiger partial charge on any atom is -0.380 e. The molecular weight excluding hydrogens is 268 g/mol. The van der Waals surface area contributed by atoms with Crippen LogP contribution in [0, 0.1) is 6.92 Å². The molecule has 0 saturated carbocycles. The summed E-state index contributed by atoms with van der Waals surface area (Å²) >= 11 is 0. The van der Waals surface area contributed by atoms with Gasteiger partial charge >= 0.3 is 0 Å². The van der Waals surface area contributed by atoms with Crippen LogP contribution in [0.15, 0.2) is 6.20 Å². The molecule has 6 heteroatoms. The average molecular weight is 294 g/mol. The predicted molar refractivity (Wildman–Crippen MR) is 81.1 cm³/mol. The van der Waals surface area contributed by atoms with E-state index in [1.165, 1.54) is 0 Å². The molecule has 1 aliphatic rings. The van der Waals surface area contributed by atoms with Gasteiger partial charge in [-0.1, -0.05) is 0 Å². The maximum atomic E-state index is 12.4. The first-order chi connectivity index (χ1) is 9.92. The molecule has 2 rings (SSSR count). The topological polar surface area (TPSA) is 50.6 Å². The van der Waals surface area contributed by atoms with Crippen LogP contribution < -0.4 is 0 Å². The summed E-state index contributed by atoms with van der Waals surface area (Å²) in [5.74, 6) is 0.139. The molecule has 0 radical (unpaired) electrons. The second-order valence-electron chi connectivity index (χ2n) is 6.02. The summed E-state index contributed by atoms with van der Waals surface area (Å²) in [5, 5.41) is 4.19. The third-order valence-corrected chi connectivity index (χ3v) is 4.57. The lowest BCUT2D eigenvalue weighted by Crippen LogP contribution is -2.40. The highest BCUT2D eigenvalue weighted by atomic mass is 16.5. The van der Waals surface area contributed by atoms with E-state index in [9.17, 15) is 4.79 Å². The zero-order valence-corrected chi connectivity index (χ0v) is 13.7. The molecule has 0 unspecified atom stereocenters. The summed E-state index contributed by atoms with van der Waals surface area (Å²) in [5.41, 5.74) is 2.05. The lowest BCUT2D eigenvalue weighted by molar-refractivity contribution is -0.129.